The number of hydrazone groups is 1. The summed E-state index contributed by atoms with van der Waals surface area (Å²) in [5.74, 6) is -2.18. The summed E-state index contributed by atoms with van der Waals surface area (Å²) in [6, 6.07) is 18.6. The average Bonchev–Trinajstić information content (AvgIpc) is 2.80. The van der Waals surface area contributed by atoms with Gasteiger partial charge in [0, 0.05) is 11.3 Å². The lowest BCUT2D eigenvalue weighted by molar-refractivity contribution is -0.136. The van der Waals surface area contributed by atoms with Gasteiger partial charge in [-0.2, -0.15) is 5.10 Å². The second kappa shape index (κ2) is 10.6. The number of rotatable bonds is 5. The van der Waals surface area contributed by atoms with Gasteiger partial charge in [0.25, 0.3) is 0 Å². The van der Waals surface area contributed by atoms with Crippen molar-refractivity contribution in [3.8, 4) is 5.75 Å². The van der Waals surface area contributed by atoms with Crippen molar-refractivity contribution in [1.82, 2.24) is 5.43 Å². The lowest BCUT2D eigenvalue weighted by Crippen LogP contribution is -2.33. The number of esters is 1. The van der Waals surface area contributed by atoms with Crippen molar-refractivity contribution in [1.29, 1.82) is 0 Å². The molecule has 0 aromatic heterocycles. The highest BCUT2D eigenvalue weighted by Gasteiger charge is 2.17. The highest BCUT2D eigenvalue weighted by Crippen LogP contribution is 2.22. The molecule has 0 saturated heterocycles. The number of amides is 2. The van der Waals surface area contributed by atoms with E-state index in [1.807, 2.05) is 19.9 Å². The minimum atomic E-state index is -0.932. The van der Waals surface area contributed by atoms with E-state index in [4.69, 9.17) is 16.3 Å². The Bertz CT molecular complexity index is 1250. The molecule has 168 valence electrons. The number of benzene rings is 3. The molecular weight excluding hydrogens is 442 g/mol. The number of nitrogens with one attached hydrogen (secondary N) is 2. The van der Waals surface area contributed by atoms with Gasteiger partial charge in [0.1, 0.15) is 5.75 Å². The fourth-order valence-electron chi connectivity index (χ4n) is 2.89. The summed E-state index contributed by atoms with van der Waals surface area (Å²) in [6.45, 7) is 5.48. The van der Waals surface area contributed by atoms with E-state index >= 15 is 0 Å². The maximum Gasteiger partial charge on any atom is 0.345 e. The topological polar surface area (TPSA) is 96.9 Å². The van der Waals surface area contributed by atoms with Gasteiger partial charge < -0.3 is 10.1 Å². The van der Waals surface area contributed by atoms with Crippen LogP contribution in [-0.4, -0.2) is 23.5 Å². The monoisotopic (exact) mass is 463 g/mol. The number of anilines is 1. The fraction of sp³-hybridized carbons (Fsp3) is 0.120. The van der Waals surface area contributed by atoms with E-state index in [1.54, 1.807) is 67.6 Å². The number of nitrogens with zero attached hydrogens (tertiary/aromatic N) is 1. The Morgan fingerprint density at radius 2 is 1.52 bits per heavy atom. The minimum Gasteiger partial charge on any atom is -0.422 e. The van der Waals surface area contributed by atoms with Crippen molar-refractivity contribution < 1.29 is 19.1 Å². The number of carbonyl (C=O) groups excluding carboxylic acids is 3. The normalized spacial score (nSPS) is 11.0. The van der Waals surface area contributed by atoms with Crippen LogP contribution in [0.1, 0.15) is 34.0 Å². The molecule has 3 rings (SSSR count). The number of hydrogen-bond acceptors (Lipinski definition) is 5. The molecule has 8 heteroatoms. The first-order valence-corrected chi connectivity index (χ1v) is 10.4. The van der Waals surface area contributed by atoms with Crippen LogP contribution in [0.15, 0.2) is 71.8 Å². The van der Waals surface area contributed by atoms with Crippen LogP contribution in [0, 0.1) is 13.8 Å². The molecule has 0 fully saturated rings. The van der Waals surface area contributed by atoms with Crippen molar-refractivity contribution >= 4 is 40.8 Å². The van der Waals surface area contributed by atoms with E-state index in [1.165, 1.54) is 0 Å². The molecule has 0 unspecified atom stereocenters. The molecule has 2 amide bonds. The molecule has 2 N–H and O–H groups in total. The fourth-order valence-corrected chi connectivity index (χ4v) is 3.10. The molecule has 0 aliphatic rings. The first-order chi connectivity index (χ1) is 15.8. The van der Waals surface area contributed by atoms with Gasteiger partial charge in [-0.3, -0.25) is 9.59 Å². The van der Waals surface area contributed by atoms with Gasteiger partial charge in [0.15, 0.2) is 0 Å². The van der Waals surface area contributed by atoms with Gasteiger partial charge in [-0.1, -0.05) is 41.9 Å². The van der Waals surface area contributed by atoms with Crippen molar-refractivity contribution in [2.75, 3.05) is 5.32 Å². The lowest BCUT2D eigenvalue weighted by atomic mass is 10.1. The molecular formula is C25H22ClN3O4. The Hall–Kier alpha value is -3.97. The first-order valence-electron chi connectivity index (χ1n) is 10.0. The Morgan fingerprint density at radius 3 is 2.21 bits per heavy atom. The summed E-state index contributed by atoms with van der Waals surface area (Å²) in [6.07, 6.45) is 0. The molecule has 33 heavy (non-hydrogen) atoms. The Morgan fingerprint density at radius 1 is 0.848 bits per heavy atom. The number of hydrogen-bond donors (Lipinski definition) is 2. The van der Waals surface area contributed by atoms with Crippen molar-refractivity contribution in [2.24, 2.45) is 5.10 Å². The van der Waals surface area contributed by atoms with E-state index in [0.29, 0.717) is 17.0 Å². The number of halogens is 1. The van der Waals surface area contributed by atoms with Gasteiger partial charge in [0.05, 0.1) is 16.3 Å². The zero-order valence-corrected chi connectivity index (χ0v) is 19.1. The second-order valence-electron chi connectivity index (χ2n) is 7.26. The maximum atomic E-state index is 12.5. The third kappa shape index (κ3) is 6.05. The molecule has 0 saturated carbocycles. The van der Waals surface area contributed by atoms with Crippen molar-refractivity contribution in [3.63, 3.8) is 0 Å². The van der Waals surface area contributed by atoms with Crippen LogP contribution in [0.5, 0.6) is 5.75 Å². The second-order valence-corrected chi connectivity index (χ2v) is 7.66. The van der Waals surface area contributed by atoms with E-state index in [9.17, 15) is 14.4 Å². The van der Waals surface area contributed by atoms with Crippen LogP contribution >= 0.6 is 11.6 Å². The van der Waals surface area contributed by atoms with Crippen LogP contribution < -0.4 is 15.5 Å². The maximum absolute atomic E-state index is 12.5. The zero-order chi connectivity index (χ0) is 24.0. The zero-order valence-electron chi connectivity index (χ0n) is 18.3. The highest BCUT2D eigenvalue weighted by atomic mass is 35.5. The highest BCUT2D eigenvalue weighted by molar-refractivity contribution is 6.39. The predicted octanol–water partition coefficient (Wildman–Crippen LogP) is 4.65. The summed E-state index contributed by atoms with van der Waals surface area (Å²) < 4.78 is 5.49. The van der Waals surface area contributed by atoms with Crippen molar-refractivity contribution in [2.45, 2.75) is 20.8 Å². The van der Waals surface area contributed by atoms with Gasteiger partial charge >= 0.3 is 17.8 Å². The predicted molar refractivity (Wildman–Crippen MR) is 128 cm³/mol. The molecule has 0 spiro atoms. The van der Waals surface area contributed by atoms with Crippen LogP contribution in [0.25, 0.3) is 0 Å². The largest absolute Gasteiger partial charge is 0.422 e. The third-order valence-corrected chi connectivity index (χ3v) is 5.20. The number of aryl methyl sites for hydroxylation is 2. The summed E-state index contributed by atoms with van der Waals surface area (Å²) in [5.41, 5.74) is 5.83. The molecule has 0 aliphatic carbocycles. The molecule has 0 atom stereocenters. The number of ether oxygens (including phenoxy) is 1. The van der Waals surface area contributed by atoms with Gasteiger partial charge in [0.2, 0.25) is 0 Å². The molecule has 7 nitrogen and oxygen atoms in total. The molecule has 0 heterocycles. The summed E-state index contributed by atoms with van der Waals surface area (Å²) in [4.78, 5) is 36.9. The summed E-state index contributed by atoms with van der Waals surface area (Å²) in [5, 5.41) is 6.79. The first kappa shape index (κ1) is 23.7. The summed E-state index contributed by atoms with van der Waals surface area (Å²) >= 11 is 6.07. The molecule has 3 aromatic rings. The van der Waals surface area contributed by atoms with Crippen LogP contribution in [-0.2, 0) is 9.59 Å². The minimum absolute atomic E-state index is 0.222. The van der Waals surface area contributed by atoms with Crippen LogP contribution in [0.3, 0.4) is 0 Å². The standard InChI is InChI=1S/C25H22ClN3O4/c1-15-12-13-18(14-16(15)2)27-23(30)24(31)29-28-17(3)19-8-5-7-11-22(19)33-25(32)20-9-4-6-10-21(20)26/h4-14H,1-3H3,(H,27,30)(H,29,31)/b28-17+. The molecule has 3 aromatic carbocycles. The smallest absolute Gasteiger partial charge is 0.345 e. The van der Waals surface area contributed by atoms with Crippen molar-refractivity contribution in [3.05, 3.63) is 94.0 Å². The molecule has 0 bridgehead atoms. The lowest BCUT2D eigenvalue weighted by Gasteiger charge is -2.11. The SMILES string of the molecule is C/C(=N\NC(=O)C(=O)Nc1ccc(C)c(C)c1)c1ccccc1OC(=O)c1ccccc1Cl. The van der Waals surface area contributed by atoms with E-state index < -0.39 is 17.8 Å². The van der Waals surface area contributed by atoms with E-state index in [2.05, 4.69) is 15.8 Å². The Labute approximate surface area is 196 Å². The van der Waals surface area contributed by atoms with Crippen LogP contribution in [0.2, 0.25) is 5.02 Å². The third-order valence-electron chi connectivity index (χ3n) is 4.87. The van der Waals surface area contributed by atoms with Gasteiger partial charge in [-0.05, 0) is 68.3 Å². The Balaban J connectivity index is 1.69. The molecule has 0 radical (unpaired) electrons. The van der Waals surface area contributed by atoms with E-state index in [-0.39, 0.29) is 16.3 Å². The van der Waals surface area contributed by atoms with Gasteiger partial charge in [-0.15, -0.1) is 0 Å². The average molecular weight is 464 g/mol. The van der Waals surface area contributed by atoms with Crippen LogP contribution in [0.4, 0.5) is 5.69 Å². The number of para-hydroxylation sites is 1. The number of carbonyl (C=O) groups is 3. The quantitative estimate of drug-likeness (QED) is 0.189. The Kier molecular flexibility index (Phi) is 7.58. The molecule has 0 aliphatic heterocycles. The summed E-state index contributed by atoms with van der Waals surface area (Å²) in [7, 11) is 0. The van der Waals surface area contributed by atoms with E-state index in [0.717, 1.165) is 11.1 Å². The van der Waals surface area contributed by atoms with Gasteiger partial charge in [-0.25, -0.2) is 10.2 Å².